The summed E-state index contributed by atoms with van der Waals surface area (Å²) in [7, 11) is 0. The number of anilines is 2. The highest BCUT2D eigenvalue weighted by molar-refractivity contribution is 8.00. The third-order valence-corrected chi connectivity index (χ3v) is 5.78. The molecule has 0 aliphatic rings. The van der Waals surface area contributed by atoms with Gasteiger partial charge in [-0.15, -0.1) is 10.2 Å². The van der Waals surface area contributed by atoms with Crippen molar-refractivity contribution in [1.29, 1.82) is 0 Å². The zero-order valence-corrected chi connectivity index (χ0v) is 17.9. The van der Waals surface area contributed by atoms with E-state index in [-0.39, 0.29) is 23.5 Å². The van der Waals surface area contributed by atoms with Crippen LogP contribution < -0.4 is 10.6 Å². The molecule has 0 unspecified atom stereocenters. The van der Waals surface area contributed by atoms with E-state index < -0.39 is 0 Å². The lowest BCUT2D eigenvalue weighted by atomic mass is 10.3. The molecule has 0 bridgehead atoms. The molecule has 0 aliphatic heterocycles. The van der Waals surface area contributed by atoms with Gasteiger partial charge in [0.05, 0.1) is 11.7 Å². The predicted molar refractivity (Wildman–Crippen MR) is 119 cm³/mol. The van der Waals surface area contributed by atoms with Gasteiger partial charge >= 0.3 is 0 Å². The van der Waals surface area contributed by atoms with Gasteiger partial charge in [-0.1, -0.05) is 55.1 Å². The molecule has 1 atom stereocenters. The van der Waals surface area contributed by atoms with Crippen molar-refractivity contribution in [2.75, 3.05) is 10.6 Å². The van der Waals surface area contributed by atoms with Crippen LogP contribution in [0.25, 0.3) is 0 Å². The molecule has 0 saturated carbocycles. The van der Waals surface area contributed by atoms with Crippen LogP contribution in [-0.4, -0.2) is 31.8 Å². The molecule has 7 nitrogen and oxygen atoms in total. The summed E-state index contributed by atoms with van der Waals surface area (Å²) in [5.74, 6) is 0.336. The summed E-state index contributed by atoms with van der Waals surface area (Å²) < 4.78 is 1.88. The SMILES string of the molecule is CC[C@H](Sc1nnc(CC(=O)Nc2ccccc2)n1CC)C(=O)Nc1ccccc1. The lowest BCUT2D eigenvalue weighted by Gasteiger charge is -2.15. The van der Waals surface area contributed by atoms with Crippen molar-refractivity contribution in [3.8, 4) is 0 Å². The Hall–Kier alpha value is -3.13. The van der Waals surface area contributed by atoms with Gasteiger partial charge in [0.2, 0.25) is 11.8 Å². The fourth-order valence-electron chi connectivity index (χ4n) is 2.92. The second-order valence-corrected chi connectivity index (χ2v) is 7.77. The predicted octanol–water partition coefficient (Wildman–Crippen LogP) is 3.99. The number of hydrogen-bond donors (Lipinski definition) is 2. The van der Waals surface area contributed by atoms with E-state index in [1.807, 2.05) is 79.1 Å². The van der Waals surface area contributed by atoms with Crippen LogP contribution in [0.2, 0.25) is 0 Å². The van der Waals surface area contributed by atoms with Gasteiger partial charge < -0.3 is 15.2 Å². The lowest BCUT2D eigenvalue weighted by Crippen LogP contribution is -2.25. The Balaban J connectivity index is 1.66. The van der Waals surface area contributed by atoms with Crippen LogP contribution in [0.5, 0.6) is 0 Å². The number of para-hydroxylation sites is 2. The number of amides is 2. The number of benzene rings is 2. The first-order chi connectivity index (χ1) is 14.6. The fourth-order valence-corrected chi connectivity index (χ4v) is 3.96. The number of hydrogen-bond acceptors (Lipinski definition) is 5. The third kappa shape index (κ3) is 5.70. The van der Waals surface area contributed by atoms with Crippen molar-refractivity contribution >= 4 is 35.0 Å². The van der Waals surface area contributed by atoms with Gasteiger partial charge in [-0.3, -0.25) is 9.59 Å². The summed E-state index contributed by atoms with van der Waals surface area (Å²) >= 11 is 1.36. The first kappa shape index (κ1) is 21.6. The maximum Gasteiger partial charge on any atom is 0.237 e. The van der Waals surface area contributed by atoms with E-state index in [0.717, 1.165) is 11.4 Å². The van der Waals surface area contributed by atoms with Gasteiger partial charge in [-0.05, 0) is 37.6 Å². The smallest absolute Gasteiger partial charge is 0.237 e. The van der Waals surface area contributed by atoms with Gasteiger partial charge in [0.25, 0.3) is 0 Å². The molecule has 2 amide bonds. The van der Waals surface area contributed by atoms with Crippen LogP contribution in [0.1, 0.15) is 26.1 Å². The van der Waals surface area contributed by atoms with Crippen LogP contribution in [0.3, 0.4) is 0 Å². The van der Waals surface area contributed by atoms with Gasteiger partial charge in [0.1, 0.15) is 5.82 Å². The van der Waals surface area contributed by atoms with Crippen molar-refractivity contribution in [1.82, 2.24) is 14.8 Å². The van der Waals surface area contributed by atoms with E-state index in [2.05, 4.69) is 20.8 Å². The Labute approximate surface area is 180 Å². The number of aromatic nitrogens is 3. The van der Waals surface area contributed by atoms with Gasteiger partial charge in [-0.2, -0.15) is 0 Å². The molecular formula is C22H25N5O2S. The Morgan fingerprint density at radius 3 is 2.10 bits per heavy atom. The van der Waals surface area contributed by atoms with Crippen molar-refractivity contribution in [3.63, 3.8) is 0 Å². The normalized spacial score (nSPS) is 11.7. The second kappa shape index (κ2) is 10.6. The van der Waals surface area contributed by atoms with Crippen LogP contribution in [-0.2, 0) is 22.6 Å². The first-order valence-electron chi connectivity index (χ1n) is 9.90. The number of carbonyl (C=O) groups excluding carboxylic acids is 2. The molecule has 3 aromatic rings. The molecule has 0 fully saturated rings. The monoisotopic (exact) mass is 423 g/mol. The van der Waals surface area contributed by atoms with Crippen molar-refractivity contribution in [2.24, 2.45) is 0 Å². The standard InChI is InChI=1S/C22H25N5O2S/c1-3-18(21(29)24-17-13-9-6-10-14-17)30-22-26-25-19(27(22)4-2)15-20(28)23-16-11-7-5-8-12-16/h5-14,18H,3-4,15H2,1-2H3,(H,23,28)(H,24,29)/t18-/m0/s1. The van der Waals surface area contributed by atoms with Crippen molar-refractivity contribution in [3.05, 3.63) is 66.5 Å². The Morgan fingerprint density at radius 1 is 0.933 bits per heavy atom. The Kier molecular flexibility index (Phi) is 7.62. The minimum absolute atomic E-state index is 0.0808. The summed E-state index contributed by atoms with van der Waals surface area (Å²) in [5, 5.41) is 14.6. The Morgan fingerprint density at radius 2 is 1.53 bits per heavy atom. The van der Waals surface area contributed by atoms with Gasteiger partial charge in [0, 0.05) is 17.9 Å². The van der Waals surface area contributed by atoms with Gasteiger partial charge in [-0.25, -0.2) is 0 Å². The molecular weight excluding hydrogens is 398 g/mol. The molecule has 8 heteroatoms. The fraction of sp³-hybridized carbons (Fsp3) is 0.273. The highest BCUT2D eigenvalue weighted by atomic mass is 32.2. The van der Waals surface area contributed by atoms with E-state index >= 15 is 0 Å². The summed E-state index contributed by atoms with van der Waals surface area (Å²) in [5.41, 5.74) is 1.50. The summed E-state index contributed by atoms with van der Waals surface area (Å²) in [6.07, 6.45) is 0.757. The van der Waals surface area contributed by atoms with Crippen LogP contribution in [0, 0.1) is 0 Å². The van der Waals surface area contributed by atoms with E-state index in [4.69, 9.17) is 0 Å². The molecule has 0 spiro atoms. The van der Waals surface area contributed by atoms with E-state index in [9.17, 15) is 9.59 Å². The van der Waals surface area contributed by atoms with Crippen LogP contribution in [0.4, 0.5) is 11.4 Å². The number of nitrogens with zero attached hydrogens (tertiary/aromatic N) is 3. The van der Waals surface area contributed by atoms with Crippen molar-refractivity contribution in [2.45, 2.75) is 43.6 Å². The number of rotatable bonds is 9. The van der Waals surface area contributed by atoms with E-state index in [1.165, 1.54) is 11.8 Å². The number of nitrogens with one attached hydrogen (secondary N) is 2. The summed E-state index contributed by atoms with van der Waals surface area (Å²) in [4.78, 5) is 25.1. The molecule has 156 valence electrons. The molecule has 1 heterocycles. The van der Waals surface area contributed by atoms with Gasteiger partial charge in [0.15, 0.2) is 5.16 Å². The molecule has 3 rings (SSSR count). The average Bonchev–Trinajstić information content (AvgIpc) is 3.14. The second-order valence-electron chi connectivity index (χ2n) is 6.60. The number of carbonyl (C=O) groups is 2. The van der Waals surface area contributed by atoms with E-state index in [0.29, 0.717) is 23.9 Å². The maximum atomic E-state index is 12.7. The highest BCUT2D eigenvalue weighted by Crippen LogP contribution is 2.26. The lowest BCUT2D eigenvalue weighted by molar-refractivity contribution is -0.116. The molecule has 0 aliphatic carbocycles. The molecule has 2 N–H and O–H groups in total. The van der Waals surface area contributed by atoms with E-state index in [1.54, 1.807) is 0 Å². The Bertz CT molecular complexity index is 976. The zero-order chi connectivity index (χ0) is 21.3. The minimum atomic E-state index is -0.314. The summed E-state index contributed by atoms with van der Waals surface area (Å²) in [6.45, 7) is 4.54. The highest BCUT2D eigenvalue weighted by Gasteiger charge is 2.23. The molecule has 2 aromatic carbocycles. The quantitative estimate of drug-likeness (QED) is 0.508. The molecule has 0 radical (unpaired) electrons. The minimum Gasteiger partial charge on any atom is -0.326 e. The van der Waals surface area contributed by atoms with Crippen LogP contribution >= 0.6 is 11.8 Å². The molecule has 30 heavy (non-hydrogen) atoms. The average molecular weight is 424 g/mol. The maximum absolute atomic E-state index is 12.7. The zero-order valence-electron chi connectivity index (χ0n) is 17.0. The third-order valence-electron chi connectivity index (χ3n) is 4.44. The summed E-state index contributed by atoms with van der Waals surface area (Å²) in [6, 6.07) is 18.7. The topological polar surface area (TPSA) is 88.9 Å². The first-order valence-corrected chi connectivity index (χ1v) is 10.8. The van der Waals surface area contributed by atoms with Crippen LogP contribution in [0.15, 0.2) is 65.8 Å². The largest absolute Gasteiger partial charge is 0.326 e. The molecule has 1 aromatic heterocycles. The number of thioether (sulfide) groups is 1. The van der Waals surface area contributed by atoms with Crippen molar-refractivity contribution < 1.29 is 9.59 Å². The molecule has 0 saturated heterocycles.